The topological polar surface area (TPSA) is 304 Å². The van der Waals surface area contributed by atoms with Gasteiger partial charge in [-0.2, -0.15) is 4.99 Å². The number of amidine groups is 1. The smallest absolute Gasteiger partial charge is 0.387 e. The van der Waals surface area contributed by atoms with Crippen LogP contribution in [0.15, 0.2) is 22.6 Å². The van der Waals surface area contributed by atoms with Crippen LogP contribution in [0.5, 0.6) is 0 Å². The van der Waals surface area contributed by atoms with Crippen LogP contribution in [0, 0.1) is 5.41 Å². The van der Waals surface area contributed by atoms with Crippen molar-refractivity contribution in [3.63, 3.8) is 0 Å². The van der Waals surface area contributed by atoms with Crippen molar-refractivity contribution >= 4 is 56.6 Å². The maximum Gasteiger partial charge on any atom is 0.472 e. The van der Waals surface area contributed by atoms with Crippen molar-refractivity contribution < 1.29 is 56.3 Å². The van der Waals surface area contributed by atoms with Gasteiger partial charge in [0, 0.05) is 0 Å². The number of aliphatic hydroxyl groups excluding tert-OH is 1. The van der Waals surface area contributed by atoms with Gasteiger partial charge in [-0.3, -0.25) is 43.6 Å². The van der Waals surface area contributed by atoms with E-state index >= 15 is 4.39 Å². The van der Waals surface area contributed by atoms with Gasteiger partial charge in [0.25, 0.3) is 5.91 Å². The lowest BCUT2D eigenvalue weighted by molar-refractivity contribution is -0.119. The van der Waals surface area contributed by atoms with E-state index < -0.39 is 95.8 Å². The zero-order valence-electron chi connectivity index (χ0n) is 22.4. The zero-order valence-corrected chi connectivity index (χ0v) is 24.2. The molecule has 3 saturated heterocycles. The lowest BCUT2D eigenvalue weighted by atomic mass is 10.1. The minimum Gasteiger partial charge on any atom is -0.387 e. The molecule has 7 rings (SSSR count). The van der Waals surface area contributed by atoms with Crippen LogP contribution in [-0.4, -0.2) is 125 Å². The Hall–Kier alpha value is -3.34. The number of hydrogen-bond acceptors (Lipinski definition) is 16. The number of fused-ring (bicyclic) bond motifs is 5. The Morgan fingerprint density at radius 1 is 1.11 bits per heavy atom. The molecule has 2 aromatic rings. The normalized spacial score (nSPS) is 42.0. The Kier molecular flexibility index (Phi) is 7.33. The van der Waals surface area contributed by atoms with Crippen LogP contribution in [0.2, 0.25) is 0 Å². The summed E-state index contributed by atoms with van der Waals surface area (Å²) < 4.78 is 70.5. The lowest BCUT2D eigenvalue weighted by Crippen LogP contribution is -2.53. The molecule has 7 heterocycles. The van der Waals surface area contributed by atoms with Gasteiger partial charge < -0.3 is 30.1 Å². The van der Waals surface area contributed by atoms with Gasteiger partial charge in [-0.15, -0.1) is 0 Å². The molecule has 3 fully saturated rings. The molecule has 11 atom stereocenters. The van der Waals surface area contributed by atoms with E-state index in [4.69, 9.17) is 34.2 Å². The molecule has 0 aromatic carbocycles. The third-order valence-corrected chi connectivity index (χ3v) is 9.64. The van der Waals surface area contributed by atoms with E-state index in [0.717, 1.165) is 17.6 Å². The van der Waals surface area contributed by atoms with Crippen LogP contribution in [0.1, 0.15) is 6.23 Å². The molecular formula is C20H24FN11O11P2. The van der Waals surface area contributed by atoms with Crippen LogP contribution in [0.3, 0.4) is 0 Å². The van der Waals surface area contributed by atoms with E-state index in [9.17, 15) is 28.8 Å². The van der Waals surface area contributed by atoms with Gasteiger partial charge in [0.05, 0.1) is 31.9 Å². The third kappa shape index (κ3) is 5.34. The number of carbonyl (C=O) groups excluding carboxylic acids is 1. The fourth-order valence-electron chi connectivity index (χ4n) is 5.47. The molecule has 2 bridgehead atoms. The van der Waals surface area contributed by atoms with Crippen LogP contribution in [-0.2, 0) is 37.0 Å². The van der Waals surface area contributed by atoms with Gasteiger partial charge in [-0.1, -0.05) is 0 Å². The molecule has 1 amide bonds. The third-order valence-electron chi connectivity index (χ3n) is 7.53. The highest BCUT2D eigenvalue weighted by molar-refractivity contribution is 7.50. The van der Waals surface area contributed by atoms with Gasteiger partial charge >= 0.3 is 15.6 Å². The van der Waals surface area contributed by atoms with E-state index in [-0.39, 0.29) is 22.8 Å². The number of guanidine groups is 1. The summed E-state index contributed by atoms with van der Waals surface area (Å²) in [6.45, 7) is -1.66. The number of aliphatic imine (C=N–C) groups is 2. The van der Waals surface area contributed by atoms with Crippen molar-refractivity contribution in [1.29, 1.82) is 5.41 Å². The second-order valence-electron chi connectivity index (χ2n) is 10.3. The number of nitrogen functional groups attached to an aromatic ring is 1. The highest BCUT2D eigenvalue weighted by atomic mass is 31.2. The Morgan fingerprint density at radius 3 is 2.67 bits per heavy atom. The van der Waals surface area contributed by atoms with E-state index in [1.807, 2.05) is 0 Å². The zero-order chi connectivity index (χ0) is 31.8. The number of nitrogens with zero attached hydrogens (tertiary/aromatic N) is 7. The molecule has 11 unspecified atom stereocenters. The number of amides is 1. The summed E-state index contributed by atoms with van der Waals surface area (Å²) in [5, 5.41) is 23.1. The molecule has 22 nitrogen and oxygen atoms in total. The molecular weight excluding hydrogens is 651 g/mol. The Bertz CT molecular complexity index is 1730. The molecule has 0 saturated carbocycles. The van der Waals surface area contributed by atoms with Crippen molar-refractivity contribution in [2.24, 2.45) is 9.98 Å². The fourth-order valence-corrected chi connectivity index (χ4v) is 7.51. The number of aromatic nitrogens is 4. The molecule has 2 aromatic heterocycles. The van der Waals surface area contributed by atoms with Crippen molar-refractivity contribution in [3.8, 4) is 0 Å². The highest BCUT2D eigenvalue weighted by Gasteiger charge is 2.55. The van der Waals surface area contributed by atoms with Gasteiger partial charge in [-0.05, 0) is 0 Å². The molecule has 5 aliphatic rings. The summed E-state index contributed by atoms with van der Waals surface area (Å²) in [6, 6.07) is -2.84. The molecule has 8 N–H and O–H groups in total. The highest BCUT2D eigenvalue weighted by Crippen LogP contribution is 2.51. The van der Waals surface area contributed by atoms with E-state index in [1.165, 1.54) is 10.9 Å². The molecule has 5 aliphatic heterocycles. The number of alkyl halides is 1. The predicted octanol–water partition coefficient (Wildman–Crippen LogP) is -2.50. The maximum atomic E-state index is 15.9. The second-order valence-corrected chi connectivity index (χ2v) is 13.3. The number of phosphoric acid groups is 1. The van der Waals surface area contributed by atoms with Crippen molar-refractivity contribution in [3.05, 3.63) is 12.7 Å². The number of halogens is 1. The minimum atomic E-state index is -5.13. The molecule has 0 radical (unpaired) electrons. The maximum absolute atomic E-state index is 15.9. The van der Waals surface area contributed by atoms with Crippen molar-refractivity contribution in [2.75, 3.05) is 18.9 Å². The van der Waals surface area contributed by atoms with Crippen LogP contribution >= 0.6 is 15.6 Å². The van der Waals surface area contributed by atoms with E-state index in [2.05, 4.69) is 35.3 Å². The number of nitrogens with two attached hydrogens (primary N) is 1. The number of nitrogens with one attached hydrogen (secondary N) is 3. The van der Waals surface area contributed by atoms with Gasteiger partial charge in [-0.25, -0.2) is 33.6 Å². The molecule has 0 spiro atoms. The first-order chi connectivity index (χ1) is 21.3. The number of phosphoric ester groups is 1. The first-order valence-corrected chi connectivity index (χ1v) is 16.2. The summed E-state index contributed by atoms with van der Waals surface area (Å²) in [4.78, 5) is 54.5. The number of anilines is 1. The summed E-state index contributed by atoms with van der Waals surface area (Å²) in [5.74, 6) is -1.30. The first kappa shape index (κ1) is 30.3. The largest absolute Gasteiger partial charge is 0.472 e. The summed E-state index contributed by atoms with van der Waals surface area (Å²) in [5.41, 5.74) is 6.03. The van der Waals surface area contributed by atoms with Crippen LogP contribution in [0.4, 0.5) is 10.2 Å². The number of carbonyl (C=O) groups is 1. The Balaban J connectivity index is 1.17. The van der Waals surface area contributed by atoms with Crippen molar-refractivity contribution in [2.45, 2.75) is 55.1 Å². The number of hydrogen-bond donors (Lipinski definition) is 7. The average molecular weight is 675 g/mol. The molecule has 25 heteroatoms. The summed E-state index contributed by atoms with van der Waals surface area (Å²) in [6.07, 6.45) is -8.20. The first-order valence-electron chi connectivity index (χ1n) is 13.1. The van der Waals surface area contributed by atoms with E-state index in [1.54, 1.807) is 0 Å². The van der Waals surface area contributed by atoms with Gasteiger partial charge in [0.2, 0.25) is 5.96 Å². The number of ether oxygens (including phenoxy) is 2. The summed E-state index contributed by atoms with van der Waals surface area (Å²) >= 11 is 0. The fraction of sp³-hybridized carbons (Fsp3) is 0.550. The van der Waals surface area contributed by atoms with Gasteiger partial charge in [0.1, 0.15) is 36.3 Å². The van der Waals surface area contributed by atoms with Crippen molar-refractivity contribution in [1.82, 2.24) is 34.8 Å². The Morgan fingerprint density at radius 2 is 1.87 bits per heavy atom. The Labute approximate surface area is 250 Å². The number of imidazole rings is 1. The monoisotopic (exact) mass is 675 g/mol. The van der Waals surface area contributed by atoms with Crippen LogP contribution < -0.4 is 16.1 Å². The SMILES string of the molecule is N=C1N=C2C(N=CN2C2OC3COP(=O)(O)NC4C(COP(=O)(O)OC2C3O)OC(n2cnc3c(N)ncnc32)C4F)C(=O)N1. The van der Waals surface area contributed by atoms with Gasteiger partial charge in [0.15, 0.2) is 42.0 Å². The molecule has 0 aliphatic carbocycles. The quantitative estimate of drug-likeness (QED) is 0.162. The molecule has 242 valence electrons. The molecule has 45 heavy (non-hydrogen) atoms. The predicted molar refractivity (Wildman–Crippen MR) is 144 cm³/mol. The van der Waals surface area contributed by atoms with E-state index in [0.29, 0.717) is 0 Å². The number of aliphatic hydroxyl groups is 1. The average Bonchev–Trinajstić information content (AvgIpc) is 3.72. The van der Waals surface area contributed by atoms with Crippen LogP contribution in [0.25, 0.3) is 11.2 Å². The second kappa shape index (κ2) is 10.9. The lowest BCUT2D eigenvalue weighted by Gasteiger charge is -2.31. The standard InChI is InChI=1S/C20H24FN11O11P2/c21-8-9-6(41-18(8)31-4-26-10-14(22)24-3-25-15(10)31)1-40-45(37,38)43-13-12(33)7(2-39-44(35,36)30-9)42-19(13)32-5-27-11-16(32)28-20(23)29-17(11)34/h3-9,11-13,18-19,33H,1-2H2,(H,37,38)(H2,22,24,25)(H2,23,29,34)(H2,30,35,36). The minimum absolute atomic E-state index is 0.00736. The number of rotatable bonds is 2. The summed E-state index contributed by atoms with van der Waals surface area (Å²) in [7, 11) is -10.0.